The number of pyridine rings is 1. The van der Waals surface area contributed by atoms with Gasteiger partial charge in [-0.3, -0.25) is 0 Å². The molecule has 0 saturated carbocycles. The topological polar surface area (TPSA) is 3.88 Å². The van der Waals surface area contributed by atoms with Crippen molar-refractivity contribution >= 4 is 51.6 Å². The average Bonchev–Trinajstić information content (AvgIpc) is 2.11. The molecule has 0 aromatic carbocycles. The molecule has 0 fully saturated rings. The lowest BCUT2D eigenvalue weighted by molar-refractivity contribution is -0.746. The van der Waals surface area contributed by atoms with Crippen LogP contribution in [-0.4, -0.2) is 12.6 Å². The van der Waals surface area contributed by atoms with Gasteiger partial charge in [0, 0.05) is 15.7 Å². The summed E-state index contributed by atoms with van der Waals surface area (Å²) >= 11 is 2.35. The molecule has 0 aliphatic carbocycles. The van der Waals surface area contributed by atoms with Crippen molar-refractivity contribution in [3.05, 3.63) is 27.6 Å². The van der Waals surface area contributed by atoms with Gasteiger partial charge in [0.1, 0.15) is 0 Å². The van der Waals surface area contributed by atoms with Gasteiger partial charge in [-0.25, -0.2) is 0 Å². The van der Waals surface area contributed by atoms with E-state index in [1.807, 2.05) is 0 Å². The van der Waals surface area contributed by atoms with Crippen LogP contribution in [0, 0.1) is 3.57 Å². The molecule has 1 aliphatic rings. The molecule has 2 rings (SSSR count). The molecule has 1 aliphatic heterocycles. The molecule has 13 heavy (non-hydrogen) atoms. The van der Waals surface area contributed by atoms with Gasteiger partial charge in [0.15, 0.2) is 11.9 Å². The Morgan fingerprint density at radius 3 is 2.77 bits per heavy atom. The van der Waals surface area contributed by atoms with Crippen LogP contribution in [0.3, 0.4) is 0 Å². The quantitative estimate of drug-likeness (QED) is 0.448. The van der Waals surface area contributed by atoms with Gasteiger partial charge in [-0.05, 0) is 30.8 Å². The first-order chi connectivity index (χ1) is 6.27. The zero-order chi connectivity index (χ0) is 9.42. The largest absolute Gasteiger partial charge is 0.217 e. The van der Waals surface area contributed by atoms with E-state index in [0.29, 0.717) is 11.4 Å². The Bertz CT molecular complexity index is 378. The number of hydrogen-bond acceptors (Lipinski definition) is 0. The molecule has 66 valence electrons. The van der Waals surface area contributed by atoms with Crippen LogP contribution in [0.1, 0.15) is 17.1 Å². The molecule has 0 radical (unpaired) electrons. The second-order valence-electron chi connectivity index (χ2n) is 2.90. The number of fused-ring (bicyclic) bond motifs is 1. The summed E-state index contributed by atoms with van der Waals surface area (Å²) in [4.78, 5) is 0. The maximum absolute atomic E-state index is 3.96. The smallest absolute Gasteiger partial charge is 0.189 e. The van der Waals surface area contributed by atoms with Gasteiger partial charge < -0.3 is 0 Å². The summed E-state index contributed by atoms with van der Waals surface area (Å²) in [6.07, 6.45) is 10.1. The zero-order valence-corrected chi connectivity index (χ0v) is 11.0. The van der Waals surface area contributed by atoms with Gasteiger partial charge in [0.2, 0.25) is 11.5 Å². The lowest BCUT2D eigenvalue weighted by Gasteiger charge is -2.26. The highest BCUT2D eigenvalue weighted by atomic mass is 127. The molecule has 2 atom stereocenters. The summed E-state index contributed by atoms with van der Waals surface area (Å²) in [5, 5.41) is 0. The summed E-state index contributed by atoms with van der Waals surface area (Å²) in [7, 11) is 2.41. The molecule has 0 bridgehead atoms. The summed E-state index contributed by atoms with van der Waals surface area (Å²) < 4.78 is 3.61. The number of rotatable bonds is 2. The van der Waals surface area contributed by atoms with Crippen LogP contribution >= 0.6 is 39.0 Å². The van der Waals surface area contributed by atoms with Crippen LogP contribution in [0.15, 0.2) is 18.3 Å². The molecule has 0 spiro atoms. The van der Waals surface area contributed by atoms with E-state index < -0.39 is 0 Å². The Labute approximate surface area is 94.9 Å². The normalized spacial score (nSPS) is 25.6. The van der Waals surface area contributed by atoms with E-state index in [0.717, 1.165) is 0 Å². The molecule has 2 heterocycles. The van der Waals surface area contributed by atoms with Crippen molar-refractivity contribution in [1.82, 2.24) is 0 Å². The van der Waals surface area contributed by atoms with Crippen molar-refractivity contribution in [2.45, 2.75) is 11.4 Å². The van der Waals surface area contributed by atoms with Crippen LogP contribution in [-0.2, 0) is 0 Å². The standard InChI is InChI=1S/C9H9INP2/c1-12-8-7-5-6(10)3-4-11(7)9(8)13-2/h3-5,8-9H,1-2H2/q+1. The van der Waals surface area contributed by atoms with Crippen LogP contribution < -0.4 is 4.57 Å². The number of halogens is 1. The molecule has 1 aromatic heterocycles. The number of hydrogen-bond donors (Lipinski definition) is 0. The first kappa shape index (κ1) is 9.76. The van der Waals surface area contributed by atoms with Gasteiger partial charge in [-0.2, -0.15) is 4.57 Å². The number of nitrogens with zero attached hydrogens (tertiary/aromatic N) is 1. The molecule has 0 saturated heterocycles. The van der Waals surface area contributed by atoms with Crippen molar-refractivity contribution in [2.24, 2.45) is 0 Å². The van der Waals surface area contributed by atoms with Crippen molar-refractivity contribution in [3.63, 3.8) is 0 Å². The van der Waals surface area contributed by atoms with Gasteiger partial charge in [-0.15, -0.1) is 0 Å². The minimum atomic E-state index is 0.547. The van der Waals surface area contributed by atoms with Gasteiger partial charge in [0.05, 0.1) is 0 Å². The molecule has 0 amide bonds. The average molecular weight is 320 g/mol. The summed E-state index contributed by atoms with van der Waals surface area (Å²) in [6.45, 7) is 0. The van der Waals surface area contributed by atoms with E-state index in [-0.39, 0.29) is 0 Å². The first-order valence-corrected chi connectivity index (χ1v) is 7.28. The zero-order valence-electron chi connectivity index (χ0n) is 7.02. The predicted molar refractivity (Wildman–Crippen MR) is 69.2 cm³/mol. The fraction of sp³-hybridized carbons (Fsp3) is 0.222. The molecule has 4 heteroatoms. The highest BCUT2D eigenvalue weighted by Crippen LogP contribution is 2.46. The molecule has 1 aromatic rings. The van der Waals surface area contributed by atoms with E-state index in [1.165, 1.54) is 25.7 Å². The maximum Gasteiger partial charge on any atom is 0.217 e. The fourth-order valence-corrected chi connectivity index (χ4v) is 4.09. The van der Waals surface area contributed by atoms with E-state index in [4.69, 9.17) is 0 Å². The highest BCUT2D eigenvalue weighted by molar-refractivity contribution is 14.1. The van der Waals surface area contributed by atoms with Crippen LogP contribution in [0.25, 0.3) is 0 Å². The minimum absolute atomic E-state index is 0.547. The van der Waals surface area contributed by atoms with Crippen molar-refractivity contribution in [2.75, 3.05) is 0 Å². The SMILES string of the molecule is C=PC1c2cc(I)cc[n+]2C1P=C. The Morgan fingerprint density at radius 2 is 2.15 bits per heavy atom. The Morgan fingerprint density at radius 1 is 1.38 bits per heavy atom. The highest BCUT2D eigenvalue weighted by Gasteiger charge is 2.44. The first-order valence-electron chi connectivity index (χ1n) is 3.90. The van der Waals surface area contributed by atoms with Crippen molar-refractivity contribution in [1.29, 1.82) is 0 Å². The van der Waals surface area contributed by atoms with E-state index in [1.54, 1.807) is 0 Å². The number of aromatic nitrogens is 1. The molecule has 1 nitrogen and oxygen atoms in total. The Balaban J connectivity index is 2.48. The van der Waals surface area contributed by atoms with Crippen molar-refractivity contribution in [3.8, 4) is 0 Å². The third-order valence-corrected chi connectivity index (χ3v) is 5.00. The third kappa shape index (κ3) is 1.49. The van der Waals surface area contributed by atoms with Crippen LogP contribution in [0.5, 0.6) is 0 Å². The predicted octanol–water partition coefficient (Wildman–Crippen LogP) is 2.89. The summed E-state index contributed by atoms with van der Waals surface area (Å²) in [5.74, 6) is 0.547. The van der Waals surface area contributed by atoms with Crippen LogP contribution in [0.4, 0.5) is 0 Å². The lowest BCUT2D eigenvalue weighted by Crippen LogP contribution is -2.52. The lowest BCUT2D eigenvalue weighted by atomic mass is 10.1. The second kappa shape index (κ2) is 3.76. The van der Waals surface area contributed by atoms with Gasteiger partial charge in [0.25, 0.3) is 0 Å². The third-order valence-electron chi connectivity index (χ3n) is 2.23. The summed E-state index contributed by atoms with van der Waals surface area (Å²) in [5.41, 5.74) is 2.00. The van der Waals surface area contributed by atoms with Gasteiger partial charge in [-0.1, -0.05) is 20.8 Å². The van der Waals surface area contributed by atoms with Crippen molar-refractivity contribution < 1.29 is 4.57 Å². The van der Waals surface area contributed by atoms with E-state index in [2.05, 4.69) is 58.1 Å². The van der Waals surface area contributed by atoms with Crippen LogP contribution in [0.2, 0.25) is 0 Å². The Kier molecular flexibility index (Phi) is 2.83. The fourth-order valence-electron chi connectivity index (χ4n) is 1.58. The Hall–Kier alpha value is 0.220. The monoisotopic (exact) mass is 320 g/mol. The molecule has 0 N–H and O–H groups in total. The van der Waals surface area contributed by atoms with E-state index >= 15 is 0 Å². The second-order valence-corrected chi connectivity index (χ2v) is 5.96. The summed E-state index contributed by atoms with van der Waals surface area (Å²) in [6, 6.07) is 4.38. The molecule has 2 unspecified atom stereocenters. The molecular weight excluding hydrogens is 311 g/mol. The molecular formula is C9H9INP2+. The van der Waals surface area contributed by atoms with E-state index in [9.17, 15) is 0 Å². The maximum atomic E-state index is 3.96. The minimum Gasteiger partial charge on any atom is -0.189 e. The van der Waals surface area contributed by atoms with Gasteiger partial charge >= 0.3 is 0 Å².